The predicted molar refractivity (Wildman–Crippen MR) is 80.5 cm³/mol. The van der Waals surface area contributed by atoms with Gasteiger partial charge in [0.05, 0.1) is 13.2 Å². The van der Waals surface area contributed by atoms with E-state index in [1.807, 2.05) is 7.05 Å². The van der Waals surface area contributed by atoms with Crippen LogP contribution in [0.2, 0.25) is 0 Å². The van der Waals surface area contributed by atoms with E-state index in [-0.39, 0.29) is 0 Å². The van der Waals surface area contributed by atoms with Crippen molar-refractivity contribution < 1.29 is 4.74 Å². The van der Waals surface area contributed by atoms with E-state index in [1.54, 1.807) is 0 Å². The monoisotopic (exact) mass is 261 g/mol. The minimum atomic E-state index is 0.404. The zero-order chi connectivity index (χ0) is 13.7. The molecule has 1 aromatic carbocycles. The van der Waals surface area contributed by atoms with Gasteiger partial charge in [-0.25, -0.2) is 0 Å². The van der Waals surface area contributed by atoms with Gasteiger partial charge in [-0.05, 0) is 44.7 Å². The fraction of sp³-hybridized carbons (Fsp3) is 0.647. The van der Waals surface area contributed by atoms with E-state index >= 15 is 0 Å². The summed E-state index contributed by atoms with van der Waals surface area (Å²) in [5, 5.41) is 3.32. The van der Waals surface area contributed by atoms with Crippen molar-refractivity contribution in [3.63, 3.8) is 0 Å². The Kier molecular flexibility index (Phi) is 5.00. The van der Waals surface area contributed by atoms with Gasteiger partial charge in [0.2, 0.25) is 0 Å². The first-order chi connectivity index (χ1) is 9.13. The van der Waals surface area contributed by atoms with Crippen molar-refractivity contribution in [2.24, 2.45) is 11.3 Å². The first kappa shape index (κ1) is 14.5. The number of nitrogens with one attached hydrogen (secondary N) is 1. The summed E-state index contributed by atoms with van der Waals surface area (Å²) in [6, 6.07) is 8.75. The van der Waals surface area contributed by atoms with Crippen molar-refractivity contribution >= 4 is 0 Å². The fourth-order valence-corrected chi connectivity index (χ4v) is 3.34. The van der Waals surface area contributed by atoms with Gasteiger partial charge in [-0.1, -0.05) is 36.8 Å². The molecule has 0 aromatic heterocycles. The quantitative estimate of drug-likeness (QED) is 0.761. The van der Waals surface area contributed by atoms with Crippen LogP contribution in [0, 0.1) is 18.3 Å². The maximum absolute atomic E-state index is 5.94. The first-order valence-corrected chi connectivity index (χ1v) is 7.41. The van der Waals surface area contributed by atoms with Crippen LogP contribution in [-0.4, -0.2) is 26.8 Å². The lowest BCUT2D eigenvalue weighted by Crippen LogP contribution is -2.46. The van der Waals surface area contributed by atoms with Crippen molar-refractivity contribution in [1.29, 1.82) is 0 Å². The second-order valence-corrected chi connectivity index (χ2v) is 6.33. The summed E-state index contributed by atoms with van der Waals surface area (Å²) in [6.45, 7) is 7.29. The molecule has 0 saturated heterocycles. The number of hydrogen-bond donors (Lipinski definition) is 1. The van der Waals surface area contributed by atoms with E-state index in [0.29, 0.717) is 5.41 Å². The molecule has 0 amide bonds. The normalized spacial score (nSPS) is 26.2. The highest BCUT2D eigenvalue weighted by Crippen LogP contribution is 2.45. The summed E-state index contributed by atoms with van der Waals surface area (Å²) in [7, 11) is 2.04. The molecule has 106 valence electrons. The Morgan fingerprint density at radius 1 is 1.26 bits per heavy atom. The molecule has 0 atom stereocenters. The van der Waals surface area contributed by atoms with Gasteiger partial charge in [-0.2, -0.15) is 0 Å². The zero-order valence-corrected chi connectivity index (χ0v) is 12.5. The van der Waals surface area contributed by atoms with Gasteiger partial charge >= 0.3 is 0 Å². The molecule has 0 bridgehead atoms. The van der Waals surface area contributed by atoms with Crippen LogP contribution in [0.1, 0.15) is 30.9 Å². The van der Waals surface area contributed by atoms with Crippen LogP contribution >= 0.6 is 0 Å². The minimum absolute atomic E-state index is 0.404. The van der Waals surface area contributed by atoms with Gasteiger partial charge in [-0.3, -0.25) is 0 Å². The van der Waals surface area contributed by atoms with Crippen molar-refractivity contribution in [1.82, 2.24) is 5.32 Å². The molecule has 1 aromatic rings. The molecule has 2 nitrogen and oxygen atoms in total. The molecule has 1 N–H and O–H groups in total. The lowest BCUT2D eigenvalue weighted by atomic mass is 9.63. The molecule has 1 aliphatic rings. The summed E-state index contributed by atoms with van der Waals surface area (Å²) >= 11 is 0. The van der Waals surface area contributed by atoms with Crippen LogP contribution in [-0.2, 0) is 11.2 Å². The highest BCUT2D eigenvalue weighted by molar-refractivity contribution is 5.21. The number of hydrogen-bond acceptors (Lipinski definition) is 2. The Morgan fingerprint density at radius 2 is 1.95 bits per heavy atom. The summed E-state index contributed by atoms with van der Waals surface area (Å²) in [5.41, 5.74) is 3.10. The topological polar surface area (TPSA) is 21.3 Å². The smallest absolute Gasteiger partial charge is 0.0534 e. The highest BCUT2D eigenvalue weighted by atomic mass is 16.5. The molecule has 0 radical (unpaired) electrons. The Balaban J connectivity index is 1.69. The molecule has 1 saturated carbocycles. The average molecular weight is 261 g/mol. The summed E-state index contributed by atoms with van der Waals surface area (Å²) < 4.78 is 5.94. The standard InChI is InChI=1S/C17H27NO/c1-14-4-6-16(7-5-14)8-9-19-13-17(12-18-3)10-15(2)11-17/h4-7,15,18H,8-13H2,1-3H3. The van der Waals surface area contributed by atoms with Crippen LogP contribution in [0.15, 0.2) is 24.3 Å². The SMILES string of the molecule is CNCC1(COCCc2ccc(C)cc2)CC(C)C1. The van der Waals surface area contributed by atoms with Gasteiger partial charge < -0.3 is 10.1 Å². The molecule has 1 aliphatic carbocycles. The molecular weight excluding hydrogens is 234 g/mol. The first-order valence-electron chi connectivity index (χ1n) is 7.41. The Bertz CT molecular complexity index is 373. The molecule has 0 spiro atoms. The molecular formula is C17H27NO. The predicted octanol–water partition coefficient (Wildman–Crippen LogP) is 3.19. The second kappa shape index (κ2) is 6.53. The third-order valence-electron chi connectivity index (χ3n) is 4.18. The lowest BCUT2D eigenvalue weighted by Gasteiger charge is -2.46. The van der Waals surface area contributed by atoms with Gasteiger partial charge in [-0.15, -0.1) is 0 Å². The molecule has 0 unspecified atom stereocenters. The highest BCUT2D eigenvalue weighted by Gasteiger charge is 2.41. The zero-order valence-electron chi connectivity index (χ0n) is 12.5. The fourth-order valence-electron chi connectivity index (χ4n) is 3.34. The Hall–Kier alpha value is -0.860. The van der Waals surface area contributed by atoms with Gasteiger partial charge in [0.15, 0.2) is 0 Å². The van der Waals surface area contributed by atoms with Crippen LogP contribution in [0.25, 0.3) is 0 Å². The number of aryl methyl sites for hydroxylation is 1. The van der Waals surface area contributed by atoms with E-state index in [9.17, 15) is 0 Å². The number of rotatable bonds is 7. The molecule has 2 heteroatoms. The molecule has 19 heavy (non-hydrogen) atoms. The molecule has 2 rings (SSSR count). The molecule has 0 aliphatic heterocycles. The van der Waals surface area contributed by atoms with E-state index in [1.165, 1.54) is 24.0 Å². The second-order valence-electron chi connectivity index (χ2n) is 6.33. The van der Waals surface area contributed by atoms with Crippen LogP contribution < -0.4 is 5.32 Å². The number of benzene rings is 1. The maximum Gasteiger partial charge on any atom is 0.0534 e. The van der Waals surface area contributed by atoms with Crippen molar-refractivity contribution in [3.05, 3.63) is 35.4 Å². The third-order valence-corrected chi connectivity index (χ3v) is 4.18. The van der Waals surface area contributed by atoms with Crippen LogP contribution in [0.5, 0.6) is 0 Å². The van der Waals surface area contributed by atoms with Crippen molar-refractivity contribution in [2.45, 2.75) is 33.1 Å². The van der Waals surface area contributed by atoms with Gasteiger partial charge in [0.25, 0.3) is 0 Å². The summed E-state index contributed by atoms with van der Waals surface area (Å²) in [4.78, 5) is 0. The lowest BCUT2D eigenvalue weighted by molar-refractivity contribution is -0.0323. The maximum atomic E-state index is 5.94. The van der Waals surface area contributed by atoms with Crippen LogP contribution in [0.4, 0.5) is 0 Å². The largest absolute Gasteiger partial charge is 0.380 e. The van der Waals surface area contributed by atoms with E-state index in [2.05, 4.69) is 43.4 Å². The van der Waals surface area contributed by atoms with E-state index in [0.717, 1.165) is 32.1 Å². The average Bonchev–Trinajstić information content (AvgIpc) is 2.35. The number of ether oxygens (including phenoxy) is 1. The van der Waals surface area contributed by atoms with Crippen molar-refractivity contribution in [3.8, 4) is 0 Å². The van der Waals surface area contributed by atoms with E-state index in [4.69, 9.17) is 4.74 Å². The van der Waals surface area contributed by atoms with Gasteiger partial charge in [0, 0.05) is 12.0 Å². The van der Waals surface area contributed by atoms with Crippen molar-refractivity contribution in [2.75, 3.05) is 26.8 Å². The Morgan fingerprint density at radius 3 is 2.53 bits per heavy atom. The summed E-state index contributed by atoms with van der Waals surface area (Å²) in [6.07, 6.45) is 3.63. The molecule has 1 fully saturated rings. The minimum Gasteiger partial charge on any atom is -0.380 e. The third kappa shape index (κ3) is 4.05. The Labute approximate surface area is 117 Å². The van der Waals surface area contributed by atoms with Gasteiger partial charge in [0.1, 0.15) is 0 Å². The molecule has 0 heterocycles. The summed E-state index contributed by atoms with van der Waals surface area (Å²) in [5.74, 6) is 0.869. The van der Waals surface area contributed by atoms with Crippen LogP contribution in [0.3, 0.4) is 0 Å². The van der Waals surface area contributed by atoms with E-state index < -0.39 is 0 Å².